The maximum atomic E-state index is 12.4. The highest BCUT2D eigenvalue weighted by Crippen LogP contribution is 2.16. The third-order valence-corrected chi connectivity index (χ3v) is 4.03. The Hall–Kier alpha value is -1.98. The first kappa shape index (κ1) is 13.0. The lowest BCUT2D eigenvalue weighted by Gasteiger charge is -2.27. The van der Waals surface area contributed by atoms with Gasteiger partial charge in [0.2, 0.25) is 5.91 Å². The van der Waals surface area contributed by atoms with E-state index < -0.39 is 0 Å². The standard InChI is InChI=1S/C14H19N5O/c1-10-12(8-13(20)18-6-4-3-5-7-18)11(2)19-14(17-10)15-9-16-19/h9H,3-8H2,1-2H3. The molecule has 0 spiro atoms. The summed E-state index contributed by atoms with van der Waals surface area (Å²) in [6.45, 7) is 5.67. The van der Waals surface area contributed by atoms with Crippen LogP contribution in [0.4, 0.5) is 0 Å². The molecule has 0 saturated carbocycles. The predicted octanol–water partition coefficient (Wildman–Crippen LogP) is 1.30. The Morgan fingerprint density at radius 2 is 2.00 bits per heavy atom. The number of aromatic nitrogens is 4. The molecule has 0 aliphatic carbocycles. The van der Waals surface area contributed by atoms with E-state index in [9.17, 15) is 4.79 Å². The number of nitrogens with zero attached hydrogens (tertiary/aromatic N) is 5. The number of carbonyl (C=O) groups is 1. The number of hydrogen-bond acceptors (Lipinski definition) is 4. The molecular formula is C14H19N5O. The molecule has 0 aromatic carbocycles. The fourth-order valence-corrected chi connectivity index (χ4v) is 2.82. The summed E-state index contributed by atoms with van der Waals surface area (Å²) in [6, 6.07) is 0. The number of amides is 1. The molecule has 6 nitrogen and oxygen atoms in total. The second kappa shape index (κ2) is 5.19. The Morgan fingerprint density at radius 3 is 2.75 bits per heavy atom. The van der Waals surface area contributed by atoms with Crippen LogP contribution in [0.25, 0.3) is 5.78 Å². The molecule has 1 amide bonds. The van der Waals surface area contributed by atoms with Gasteiger partial charge in [0.25, 0.3) is 5.78 Å². The van der Waals surface area contributed by atoms with Crippen molar-refractivity contribution < 1.29 is 4.79 Å². The van der Waals surface area contributed by atoms with Gasteiger partial charge < -0.3 is 4.90 Å². The Bertz CT molecular complexity index is 642. The molecule has 0 atom stereocenters. The number of fused-ring (bicyclic) bond motifs is 1. The van der Waals surface area contributed by atoms with Crippen LogP contribution in [0.1, 0.15) is 36.2 Å². The van der Waals surface area contributed by atoms with Crippen LogP contribution in [-0.2, 0) is 11.2 Å². The predicted molar refractivity (Wildman–Crippen MR) is 74.4 cm³/mol. The van der Waals surface area contributed by atoms with Gasteiger partial charge in [0.1, 0.15) is 6.33 Å². The van der Waals surface area contributed by atoms with Crippen LogP contribution in [0.5, 0.6) is 0 Å². The van der Waals surface area contributed by atoms with Gasteiger partial charge in [0, 0.05) is 30.0 Å². The average Bonchev–Trinajstić information content (AvgIpc) is 2.92. The van der Waals surface area contributed by atoms with Gasteiger partial charge >= 0.3 is 0 Å². The summed E-state index contributed by atoms with van der Waals surface area (Å²) in [6.07, 6.45) is 5.36. The lowest BCUT2D eigenvalue weighted by Crippen LogP contribution is -2.37. The number of hydrogen-bond donors (Lipinski definition) is 0. The first-order valence-electron chi connectivity index (χ1n) is 7.10. The van der Waals surface area contributed by atoms with Crippen LogP contribution >= 0.6 is 0 Å². The molecule has 1 aliphatic rings. The van der Waals surface area contributed by atoms with E-state index in [1.807, 2.05) is 18.7 Å². The minimum absolute atomic E-state index is 0.192. The summed E-state index contributed by atoms with van der Waals surface area (Å²) >= 11 is 0. The number of aryl methyl sites for hydroxylation is 2. The van der Waals surface area contributed by atoms with E-state index in [1.165, 1.54) is 12.7 Å². The number of piperidine rings is 1. The van der Waals surface area contributed by atoms with Crippen molar-refractivity contribution in [3.63, 3.8) is 0 Å². The first-order valence-corrected chi connectivity index (χ1v) is 7.10. The maximum absolute atomic E-state index is 12.4. The van der Waals surface area contributed by atoms with Gasteiger partial charge in [-0.1, -0.05) is 0 Å². The third kappa shape index (κ3) is 2.26. The molecule has 3 rings (SSSR count). The molecule has 0 radical (unpaired) electrons. The molecule has 1 saturated heterocycles. The molecular weight excluding hydrogens is 254 g/mol. The molecule has 2 aromatic heterocycles. The van der Waals surface area contributed by atoms with Crippen LogP contribution in [-0.4, -0.2) is 43.5 Å². The van der Waals surface area contributed by atoms with E-state index in [0.717, 1.165) is 42.9 Å². The Labute approximate surface area is 117 Å². The summed E-state index contributed by atoms with van der Waals surface area (Å²) in [7, 11) is 0. The molecule has 2 aromatic rings. The largest absolute Gasteiger partial charge is 0.342 e. The fraction of sp³-hybridized carbons (Fsp3) is 0.571. The highest BCUT2D eigenvalue weighted by Gasteiger charge is 2.20. The number of rotatable bonds is 2. The van der Waals surface area contributed by atoms with Crippen molar-refractivity contribution in [1.29, 1.82) is 0 Å². The minimum Gasteiger partial charge on any atom is -0.342 e. The second-order valence-electron chi connectivity index (χ2n) is 5.35. The van der Waals surface area contributed by atoms with E-state index in [4.69, 9.17) is 0 Å². The topological polar surface area (TPSA) is 63.4 Å². The molecule has 1 fully saturated rings. The summed E-state index contributed by atoms with van der Waals surface area (Å²) in [5.41, 5.74) is 2.79. The molecule has 1 aliphatic heterocycles. The van der Waals surface area contributed by atoms with Gasteiger partial charge in [0.05, 0.1) is 6.42 Å². The monoisotopic (exact) mass is 273 g/mol. The van der Waals surface area contributed by atoms with E-state index in [-0.39, 0.29) is 5.91 Å². The first-order chi connectivity index (χ1) is 9.66. The molecule has 0 bridgehead atoms. The van der Waals surface area contributed by atoms with Crippen molar-refractivity contribution in [1.82, 2.24) is 24.5 Å². The third-order valence-electron chi connectivity index (χ3n) is 4.03. The fourth-order valence-electron chi connectivity index (χ4n) is 2.82. The van der Waals surface area contributed by atoms with Crippen molar-refractivity contribution in [3.8, 4) is 0 Å². The van der Waals surface area contributed by atoms with E-state index in [1.54, 1.807) is 4.52 Å². The molecule has 0 N–H and O–H groups in total. The lowest BCUT2D eigenvalue weighted by molar-refractivity contribution is -0.131. The molecule has 3 heterocycles. The summed E-state index contributed by atoms with van der Waals surface area (Å²) in [5, 5.41) is 4.16. The summed E-state index contributed by atoms with van der Waals surface area (Å²) in [5.74, 6) is 0.784. The normalized spacial score (nSPS) is 15.8. The van der Waals surface area contributed by atoms with Crippen molar-refractivity contribution in [2.75, 3.05) is 13.1 Å². The van der Waals surface area contributed by atoms with E-state index in [2.05, 4.69) is 15.1 Å². The molecule has 20 heavy (non-hydrogen) atoms. The number of carbonyl (C=O) groups excluding carboxylic acids is 1. The van der Waals surface area contributed by atoms with Gasteiger partial charge in [-0.3, -0.25) is 4.79 Å². The van der Waals surface area contributed by atoms with Crippen LogP contribution in [0.3, 0.4) is 0 Å². The summed E-state index contributed by atoms with van der Waals surface area (Å²) < 4.78 is 1.70. The Kier molecular flexibility index (Phi) is 3.38. The van der Waals surface area contributed by atoms with Gasteiger partial charge in [-0.05, 0) is 33.1 Å². The lowest BCUT2D eigenvalue weighted by atomic mass is 10.1. The summed E-state index contributed by atoms with van der Waals surface area (Å²) in [4.78, 5) is 22.9. The smallest absolute Gasteiger partial charge is 0.252 e. The van der Waals surface area contributed by atoms with Crippen molar-refractivity contribution in [3.05, 3.63) is 23.3 Å². The number of likely N-dealkylation sites (tertiary alicyclic amines) is 1. The van der Waals surface area contributed by atoms with Crippen LogP contribution in [0.15, 0.2) is 6.33 Å². The Morgan fingerprint density at radius 1 is 1.25 bits per heavy atom. The van der Waals surface area contributed by atoms with Gasteiger partial charge in [-0.15, -0.1) is 0 Å². The van der Waals surface area contributed by atoms with Gasteiger partial charge in [0.15, 0.2) is 0 Å². The second-order valence-corrected chi connectivity index (χ2v) is 5.35. The van der Waals surface area contributed by atoms with Gasteiger partial charge in [-0.2, -0.15) is 10.1 Å². The zero-order chi connectivity index (χ0) is 14.1. The molecule has 6 heteroatoms. The zero-order valence-corrected chi connectivity index (χ0v) is 12.0. The highest BCUT2D eigenvalue weighted by atomic mass is 16.2. The SMILES string of the molecule is Cc1nc2ncnn2c(C)c1CC(=O)N1CCCCC1. The van der Waals surface area contributed by atoms with E-state index in [0.29, 0.717) is 12.2 Å². The van der Waals surface area contributed by atoms with Crippen molar-refractivity contribution >= 4 is 11.7 Å². The minimum atomic E-state index is 0.192. The quantitative estimate of drug-likeness (QED) is 0.827. The van der Waals surface area contributed by atoms with Crippen LogP contribution < -0.4 is 0 Å². The van der Waals surface area contributed by atoms with Crippen LogP contribution in [0, 0.1) is 13.8 Å². The van der Waals surface area contributed by atoms with Crippen molar-refractivity contribution in [2.24, 2.45) is 0 Å². The molecule has 0 unspecified atom stereocenters. The maximum Gasteiger partial charge on any atom is 0.252 e. The zero-order valence-electron chi connectivity index (χ0n) is 12.0. The average molecular weight is 273 g/mol. The van der Waals surface area contributed by atoms with Crippen LogP contribution in [0.2, 0.25) is 0 Å². The van der Waals surface area contributed by atoms with E-state index >= 15 is 0 Å². The molecule has 106 valence electrons. The Balaban J connectivity index is 1.88. The van der Waals surface area contributed by atoms with Gasteiger partial charge in [-0.25, -0.2) is 9.50 Å². The highest BCUT2D eigenvalue weighted by molar-refractivity contribution is 5.79. The van der Waals surface area contributed by atoms with Crippen molar-refractivity contribution in [2.45, 2.75) is 39.5 Å².